The summed E-state index contributed by atoms with van der Waals surface area (Å²) in [6.07, 6.45) is 0.524. The summed E-state index contributed by atoms with van der Waals surface area (Å²) in [4.78, 5) is 1.10. The van der Waals surface area contributed by atoms with Crippen molar-refractivity contribution in [1.82, 2.24) is 0 Å². The fourth-order valence-corrected chi connectivity index (χ4v) is 1.52. The topological polar surface area (TPSA) is 32.6 Å². The van der Waals surface area contributed by atoms with Crippen LogP contribution in [0.3, 0.4) is 0 Å². The van der Waals surface area contributed by atoms with E-state index >= 15 is 0 Å². The SMILES string of the molecule is ON=C(Cl)Cc1cccs1. The number of hydrogen-bond acceptors (Lipinski definition) is 3. The second-order valence-corrected chi connectivity index (χ2v) is 3.20. The van der Waals surface area contributed by atoms with Crippen molar-refractivity contribution in [3.8, 4) is 0 Å². The number of rotatable bonds is 2. The zero-order valence-electron chi connectivity index (χ0n) is 5.12. The average Bonchev–Trinajstić information content (AvgIpc) is 2.40. The number of nitrogens with zero attached hydrogens (tertiary/aromatic N) is 1. The first-order valence-corrected chi connectivity index (χ1v) is 3.97. The Hall–Kier alpha value is -0.540. The van der Waals surface area contributed by atoms with E-state index < -0.39 is 0 Å². The van der Waals surface area contributed by atoms with E-state index in [4.69, 9.17) is 16.8 Å². The van der Waals surface area contributed by atoms with Crippen LogP contribution in [0, 0.1) is 0 Å². The summed E-state index contributed by atoms with van der Waals surface area (Å²) < 4.78 is 0. The minimum Gasteiger partial charge on any atom is -0.410 e. The summed E-state index contributed by atoms with van der Waals surface area (Å²) in [5.74, 6) is 0. The molecule has 0 bridgehead atoms. The third-order valence-electron chi connectivity index (χ3n) is 1.01. The van der Waals surface area contributed by atoms with Gasteiger partial charge >= 0.3 is 0 Å². The van der Waals surface area contributed by atoms with Crippen molar-refractivity contribution in [2.45, 2.75) is 6.42 Å². The minimum atomic E-state index is 0.224. The molecule has 2 nitrogen and oxygen atoms in total. The van der Waals surface area contributed by atoms with Crippen LogP contribution in [0.1, 0.15) is 4.88 Å². The Kier molecular flexibility index (Phi) is 2.71. The Morgan fingerprint density at radius 2 is 2.60 bits per heavy atom. The van der Waals surface area contributed by atoms with Crippen molar-refractivity contribution >= 4 is 28.1 Å². The summed E-state index contributed by atoms with van der Waals surface area (Å²) >= 11 is 7.05. The second-order valence-electron chi connectivity index (χ2n) is 1.73. The molecule has 0 amide bonds. The van der Waals surface area contributed by atoms with E-state index in [1.807, 2.05) is 17.5 Å². The van der Waals surface area contributed by atoms with Gasteiger partial charge < -0.3 is 5.21 Å². The highest BCUT2D eigenvalue weighted by atomic mass is 35.5. The largest absolute Gasteiger partial charge is 0.410 e. The molecule has 1 N–H and O–H groups in total. The third-order valence-corrected chi connectivity index (χ3v) is 2.09. The van der Waals surface area contributed by atoms with E-state index in [0.29, 0.717) is 6.42 Å². The summed E-state index contributed by atoms with van der Waals surface area (Å²) in [7, 11) is 0. The van der Waals surface area contributed by atoms with Gasteiger partial charge in [-0.1, -0.05) is 22.8 Å². The highest BCUT2D eigenvalue weighted by molar-refractivity contribution is 7.10. The molecule has 0 aromatic carbocycles. The zero-order valence-corrected chi connectivity index (χ0v) is 6.69. The molecule has 1 heterocycles. The van der Waals surface area contributed by atoms with Crippen LogP contribution >= 0.6 is 22.9 Å². The van der Waals surface area contributed by atoms with Crippen LogP contribution < -0.4 is 0 Å². The molecule has 10 heavy (non-hydrogen) atoms. The first-order chi connectivity index (χ1) is 4.83. The molecule has 54 valence electrons. The summed E-state index contributed by atoms with van der Waals surface area (Å²) in [6.45, 7) is 0. The van der Waals surface area contributed by atoms with Crippen LogP contribution in [0.5, 0.6) is 0 Å². The van der Waals surface area contributed by atoms with Gasteiger partial charge in [-0.2, -0.15) is 0 Å². The molecule has 0 saturated carbocycles. The molecule has 0 radical (unpaired) electrons. The maximum Gasteiger partial charge on any atom is 0.150 e. The Balaban J connectivity index is 2.56. The Morgan fingerprint density at radius 3 is 3.10 bits per heavy atom. The molecule has 1 aromatic heterocycles. The molecular weight excluding hydrogens is 170 g/mol. The van der Waals surface area contributed by atoms with Crippen molar-refractivity contribution in [2.24, 2.45) is 5.16 Å². The van der Waals surface area contributed by atoms with Gasteiger partial charge in [-0.05, 0) is 11.4 Å². The van der Waals surface area contributed by atoms with Crippen molar-refractivity contribution < 1.29 is 5.21 Å². The molecule has 1 aromatic rings. The number of halogens is 1. The minimum absolute atomic E-state index is 0.224. The van der Waals surface area contributed by atoms with Crippen molar-refractivity contribution in [1.29, 1.82) is 0 Å². The maximum absolute atomic E-state index is 8.19. The first kappa shape index (κ1) is 7.57. The molecule has 0 unspecified atom stereocenters. The average molecular weight is 176 g/mol. The van der Waals surface area contributed by atoms with Gasteiger partial charge in [0.25, 0.3) is 0 Å². The van der Waals surface area contributed by atoms with E-state index in [1.54, 1.807) is 11.3 Å². The molecule has 0 saturated heterocycles. The van der Waals surface area contributed by atoms with Gasteiger partial charge in [0.15, 0.2) is 5.17 Å². The molecule has 0 aliphatic carbocycles. The summed E-state index contributed by atoms with van der Waals surface area (Å²) in [5.41, 5.74) is 0. The molecule has 0 aliphatic rings. The molecular formula is C6H6ClNOS. The number of oxime groups is 1. The Bertz CT molecular complexity index is 220. The number of hydrogen-bond donors (Lipinski definition) is 1. The van der Waals surface area contributed by atoms with Gasteiger partial charge in [0, 0.05) is 11.3 Å². The summed E-state index contributed by atoms with van der Waals surface area (Å²) in [5, 5.41) is 13.2. The van der Waals surface area contributed by atoms with Crippen molar-refractivity contribution in [3.05, 3.63) is 22.4 Å². The van der Waals surface area contributed by atoms with Crippen molar-refractivity contribution in [2.75, 3.05) is 0 Å². The lowest BCUT2D eigenvalue weighted by Gasteiger charge is -1.89. The van der Waals surface area contributed by atoms with E-state index in [9.17, 15) is 0 Å². The third kappa shape index (κ3) is 2.01. The molecule has 0 spiro atoms. The lowest BCUT2D eigenvalue weighted by atomic mass is 10.4. The van der Waals surface area contributed by atoms with E-state index in [-0.39, 0.29) is 5.17 Å². The monoisotopic (exact) mass is 175 g/mol. The quantitative estimate of drug-likeness (QED) is 0.418. The smallest absolute Gasteiger partial charge is 0.150 e. The molecule has 0 fully saturated rings. The van der Waals surface area contributed by atoms with Crippen LogP contribution in [-0.2, 0) is 6.42 Å². The van der Waals surface area contributed by atoms with Gasteiger partial charge in [-0.25, -0.2) is 0 Å². The highest BCUT2D eigenvalue weighted by Crippen LogP contribution is 2.10. The molecule has 0 aliphatic heterocycles. The van der Waals surface area contributed by atoms with Gasteiger partial charge in [0.1, 0.15) is 0 Å². The maximum atomic E-state index is 8.19. The highest BCUT2D eigenvalue weighted by Gasteiger charge is 1.97. The Labute approximate surface area is 67.7 Å². The molecule has 1 rings (SSSR count). The van der Waals surface area contributed by atoms with Crippen LogP contribution in [0.4, 0.5) is 0 Å². The lowest BCUT2D eigenvalue weighted by Crippen LogP contribution is -1.90. The normalized spacial score (nSPS) is 11.9. The van der Waals surface area contributed by atoms with E-state index in [0.717, 1.165) is 4.88 Å². The molecule has 0 atom stereocenters. The van der Waals surface area contributed by atoms with Gasteiger partial charge in [0.05, 0.1) is 0 Å². The standard InChI is InChI=1S/C6H6ClNOS/c7-6(8-9)4-5-2-1-3-10-5/h1-3,9H,4H2. The zero-order chi connectivity index (χ0) is 7.40. The van der Waals surface area contributed by atoms with Gasteiger partial charge in [0.2, 0.25) is 0 Å². The van der Waals surface area contributed by atoms with Crippen molar-refractivity contribution in [3.63, 3.8) is 0 Å². The molecule has 4 heteroatoms. The predicted molar refractivity (Wildman–Crippen MR) is 43.1 cm³/mol. The van der Waals surface area contributed by atoms with Crippen LogP contribution in [-0.4, -0.2) is 10.4 Å². The van der Waals surface area contributed by atoms with Crippen LogP contribution in [0.25, 0.3) is 0 Å². The fraction of sp³-hybridized carbons (Fsp3) is 0.167. The second kappa shape index (κ2) is 3.58. The number of thiophene rings is 1. The Morgan fingerprint density at radius 1 is 1.80 bits per heavy atom. The summed E-state index contributed by atoms with van der Waals surface area (Å²) in [6, 6.07) is 3.87. The van der Waals surface area contributed by atoms with Crippen LogP contribution in [0.2, 0.25) is 0 Å². The van der Waals surface area contributed by atoms with Crippen LogP contribution in [0.15, 0.2) is 22.7 Å². The van der Waals surface area contributed by atoms with Gasteiger partial charge in [-0.15, -0.1) is 11.3 Å². The van der Waals surface area contributed by atoms with E-state index in [2.05, 4.69) is 5.16 Å². The lowest BCUT2D eigenvalue weighted by molar-refractivity contribution is 0.319. The van der Waals surface area contributed by atoms with Gasteiger partial charge in [-0.3, -0.25) is 0 Å². The first-order valence-electron chi connectivity index (χ1n) is 2.71. The van der Waals surface area contributed by atoms with E-state index in [1.165, 1.54) is 0 Å². The fourth-order valence-electron chi connectivity index (χ4n) is 0.592. The predicted octanol–water partition coefficient (Wildman–Crippen LogP) is 2.32.